The molecule has 6 heteroatoms. The quantitative estimate of drug-likeness (QED) is 0.861. The number of methoxy groups -OCH3 is 1. The summed E-state index contributed by atoms with van der Waals surface area (Å²) >= 11 is 0. The fourth-order valence-corrected chi connectivity index (χ4v) is 1.79. The van der Waals surface area contributed by atoms with Gasteiger partial charge in [0, 0.05) is 12.6 Å². The molecular weight excluding hydrogens is 270 g/mol. The number of amides is 1. The van der Waals surface area contributed by atoms with Gasteiger partial charge < -0.3 is 10.1 Å². The molecule has 0 unspecified atom stereocenters. The van der Waals surface area contributed by atoms with Crippen molar-refractivity contribution in [2.45, 2.75) is 13.5 Å². The number of hydrogen-bond donors (Lipinski definition) is 1. The van der Waals surface area contributed by atoms with Crippen molar-refractivity contribution in [1.82, 2.24) is 15.3 Å². The number of benzene rings is 1. The summed E-state index contributed by atoms with van der Waals surface area (Å²) < 4.78 is 4.55. The van der Waals surface area contributed by atoms with Gasteiger partial charge in [0.1, 0.15) is 12.0 Å². The minimum atomic E-state index is -0.606. The van der Waals surface area contributed by atoms with Gasteiger partial charge in [-0.3, -0.25) is 4.79 Å². The highest BCUT2D eigenvalue weighted by atomic mass is 16.5. The lowest BCUT2D eigenvalue weighted by Gasteiger charge is -2.06. The van der Waals surface area contributed by atoms with Crippen molar-refractivity contribution in [3.63, 3.8) is 0 Å². The first-order valence-corrected chi connectivity index (χ1v) is 6.34. The van der Waals surface area contributed by atoms with E-state index >= 15 is 0 Å². The SMILES string of the molecule is COC(=O)c1cc(C(=O)NCc2cccc(C)c2)ncn1. The Morgan fingerprint density at radius 1 is 1.19 bits per heavy atom. The van der Waals surface area contributed by atoms with Crippen LogP contribution in [-0.2, 0) is 11.3 Å². The van der Waals surface area contributed by atoms with Crippen LogP contribution in [0.3, 0.4) is 0 Å². The molecule has 0 aliphatic carbocycles. The van der Waals surface area contributed by atoms with Gasteiger partial charge in [-0.2, -0.15) is 0 Å². The van der Waals surface area contributed by atoms with Crippen molar-refractivity contribution in [1.29, 1.82) is 0 Å². The standard InChI is InChI=1S/C15H15N3O3/c1-10-4-3-5-11(6-10)8-16-14(19)12-7-13(15(20)21-2)18-9-17-12/h3-7,9H,8H2,1-2H3,(H,16,19). The molecule has 1 aromatic carbocycles. The summed E-state index contributed by atoms with van der Waals surface area (Å²) in [5, 5.41) is 2.75. The van der Waals surface area contributed by atoms with Gasteiger partial charge in [0.05, 0.1) is 7.11 Å². The molecule has 6 nitrogen and oxygen atoms in total. The molecule has 0 aliphatic rings. The molecule has 108 valence electrons. The van der Waals surface area contributed by atoms with Gasteiger partial charge in [-0.05, 0) is 12.5 Å². The van der Waals surface area contributed by atoms with Crippen LogP contribution in [0, 0.1) is 6.92 Å². The van der Waals surface area contributed by atoms with Gasteiger partial charge in [-0.25, -0.2) is 14.8 Å². The first kappa shape index (κ1) is 14.6. The number of ether oxygens (including phenoxy) is 1. The molecular formula is C15H15N3O3. The van der Waals surface area contributed by atoms with Crippen molar-refractivity contribution >= 4 is 11.9 Å². The Kier molecular flexibility index (Phi) is 4.61. The zero-order valence-electron chi connectivity index (χ0n) is 11.8. The van der Waals surface area contributed by atoms with E-state index in [0.717, 1.165) is 17.5 Å². The Bertz CT molecular complexity index is 671. The molecule has 1 amide bonds. The van der Waals surface area contributed by atoms with E-state index in [0.29, 0.717) is 6.54 Å². The largest absolute Gasteiger partial charge is 0.464 e. The molecule has 0 bridgehead atoms. The number of nitrogens with one attached hydrogen (secondary N) is 1. The first-order chi connectivity index (χ1) is 10.1. The molecule has 0 saturated carbocycles. The predicted octanol–water partition coefficient (Wildman–Crippen LogP) is 1.50. The van der Waals surface area contributed by atoms with Crippen LogP contribution >= 0.6 is 0 Å². The van der Waals surface area contributed by atoms with Gasteiger partial charge in [0.25, 0.3) is 5.91 Å². The van der Waals surface area contributed by atoms with E-state index in [2.05, 4.69) is 20.0 Å². The van der Waals surface area contributed by atoms with E-state index in [1.807, 2.05) is 31.2 Å². The summed E-state index contributed by atoms with van der Waals surface area (Å²) in [7, 11) is 1.25. The number of esters is 1. The summed E-state index contributed by atoms with van der Waals surface area (Å²) in [5.74, 6) is -0.978. The van der Waals surface area contributed by atoms with E-state index in [1.165, 1.54) is 13.2 Å². The molecule has 0 saturated heterocycles. The van der Waals surface area contributed by atoms with Gasteiger partial charge in [-0.15, -0.1) is 0 Å². The van der Waals surface area contributed by atoms with E-state index in [-0.39, 0.29) is 17.3 Å². The molecule has 0 fully saturated rings. The Labute approximate surface area is 122 Å². The lowest BCUT2D eigenvalue weighted by molar-refractivity contribution is 0.0593. The van der Waals surface area contributed by atoms with Gasteiger partial charge in [-0.1, -0.05) is 29.8 Å². The monoisotopic (exact) mass is 285 g/mol. The number of rotatable bonds is 4. The highest BCUT2D eigenvalue weighted by Gasteiger charge is 2.13. The molecule has 1 heterocycles. The van der Waals surface area contributed by atoms with Gasteiger partial charge in [0.15, 0.2) is 5.69 Å². The van der Waals surface area contributed by atoms with Crippen LogP contribution in [0.25, 0.3) is 0 Å². The van der Waals surface area contributed by atoms with Crippen LogP contribution in [0.1, 0.15) is 32.1 Å². The molecule has 1 aromatic heterocycles. The van der Waals surface area contributed by atoms with E-state index < -0.39 is 5.97 Å². The fourth-order valence-electron chi connectivity index (χ4n) is 1.79. The van der Waals surface area contributed by atoms with Gasteiger partial charge >= 0.3 is 5.97 Å². The van der Waals surface area contributed by atoms with Crippen molar-refractivity contribution in [2.24, 2.45) is 0 Å². The zero-order chi connectivity index (χ0) is 15.2. The number of carbonyl (C=O) groups is 2. The minimum absolute atomic E-state index is 0.0493. The summed E-state index contributed by atoms with van der Waals surface area (Å²) in [4.78, 5) is 31.0. The molecule has 21 heavy (non-hydrogen) atoms. The first-order valence-electron chi connectivity index (χ1n) is 6.34. The van der Waals surface area contributed by atoms with Gasteiger partial charge in [0.2, 0.25) is 0 Å². The number of nitrogens with zero attached hydrogens (tertiary/aromatic N) is 2. The maximum atomic E-state index is 12.0. The Morgan fingerprint density at radius 2 is 1.95 bits per heavy atom. The molecule has 2 aromatic rings. The summed E-state index contributed by atoms with van der Waals surface area (Å²) in [5.41, 5.74) is 2.29. The highest BCUT2D eigenvalue weighted by molar-refractivity contribution is 5.95. The minimum Gasteiger partial charge on any atom is -0.464 e. The number of aromatic nitrogens is 2. The fraction of sp³-hybridized carbons (Fsp3) is 0.200. The molecule has 1 N–H and O–H groups in total. The van der Waals surface area contributed by atoms with Crippen LogP contribution in [0.15, 0.2) is 36.7 Å². The van der Waals surface area contributed by atoms with Crippen LogP contribution < -0.4 is 5.32 Å². The number of carbonyl (C=O) groups excluding carboxylic acids is 2. The third-order valence-electron chi connectivity index (χ3n) is 2.83. The number of hydrogen-bond acceptors (Lipinski definition) is 5. The summed E-state index contributed by atoms with van der Waals surface area (Å²) in [6, 6.07) is 9.12. The molecule has 0 spiro atoms. The number of aryl methyl sites for hydroxylation is 1. The Hall–Kier alpha value is -2.76. The maximum Gasteiger partial charge on any atom is 0.356 e. The van der Waals surface area contributed by atoms with Crippen molar-refractivity contribution in [2.75, 3.05) is 7.11 Å². The van der Waals surface area contributed by atoms with Crippen molar-refractivity contribution in [3.05, 3.63) is 59.2 Å². The maximum absolute atomic E-state index is 12.0. The van der Waals surface area contributed by atoms with Crippen molar-refractivity contribution < 1.29 is 14.3 Å². The topological polar surface area (TPSA) is 81.2 Å². The van der Waals surface area contributed by atoms with Crippen molar-refractivity contribution in [3.8, 4) is 0 Å². The normalized spacial score (nSPS) is 10.0. The third kappa shape index (κ3) is 3.85. The third-order valence-corrected chi connectivity index (χ3v) is 2.83. The van der Waals surface area contributed by atoms with Crippen LogP contribution in [-0.4, -0.2) is 29.0 Å². The van der Waals surface area contributed by atoms with E-state index in [9.17, 15) is 9.59 Å². The second-order valence-electron chi connectivity index (χ2n) is 4.45. The molecule has 0 atom stereocenters. The molecule has 0 aliphatic heterocycles. The van der Waals surface area contributed by atoms with E-state index in [1.54, 1.807) is 0 Å². The average Bonchev–Trinajstić information content (AvgIpc) is 2.52. The second kappa shape index (κ2) is 6.60. The lowest BCUT2D eigenvalue weighted by atomic mass is 10.1. The van der Waals surface area contributed by atoms with E-state index in [4.69, 9.17) is 0 Å². The van der Waals surface area contributed by atoms with Crippen LogP contribution in [0.2, 0.25) is 0 Å². The average molecular weight is 285 g/mol. The van der Waals surface area contributed by atoms with Crippen LogP contribution in [0.5, 0.6) is 0 Å². The smallest absolute Gasteiger partial charge is 0.356 e. The zero-order valence-corrected chi connectivity index (χ0v) is 11.8. The van der Waals surface area contributed by atoms with Crippen LogP contribution in [0.4, 0.5) is 0 Å². The Morgan fingerprint density at radius 3 is 2.67 bits per heavy atom. The predicted molar refractivity (Wildman–Crippen MR) is 75.7 cm³/mol. The summed E-state index contributed by atoms with van der Waals surface area (Å²) in [6.45, 7) is 2.37. The second-order valence-corrected chi connectivity index (χ2v) is 4.45. The molecule has 2 rings (SSSR count). The lowest BCUT2D eigenvalue weighted by Crippen LogP contribution is -2.24. The Balaban J connectivity index is 2.05. The summed E-state index contributed by atoms with van der Waals surface area (Å²) in [6.07, 6.45) is 1.16. The highest BCUT2D eigenvalue weighted by Crippen LogP contribution is 2.04. The molecule has 0 radical (unpaired) electrons.